The third-order valence-corrected chi connectivity index (χ3v) is 3.48. The maximum absolute atomic E-state index is 12.0. The second-order valence-electron chi connectivity index (χ2n) is 5.04. The van der Waals surface area contributed by atoms with Gasteiger partial charge in [0, 0.05) is 39.5 Å². The molecule has 6 heteroatoms. The smallest absolute Gasteiger partial charge is 0.293 e. The number of para-hydroxylation sites is 2. The molecule has 1 N–H and O–H groups in total. The van der Waals surface area contributed by atoms with E-state index in [0.717, 1.165) is 23.3 Å². The van der Waals surface area contributed by atoms with Gasteiger partial charge in [0.2, 0.25) is 0 Å². The van der Waals surface area contributed by atoms with Crippen LogP contribution in [-0.2, 0) is 13.5 Å². The van der Waals surface area contributed by atoms with E-state index in [1.165, 1.54) is 4.57 Å². The first kappa shape index (κ1) is 13.4. The predicted octanol–water partition coefficient (Wildman–Crippen LogP) is 1.34. The van der Waals surface area contributed by atoms with Gasteiger partial charge in [0.25, 0.3) is 5.56 Å². The number of rotatable bonds is 4. The van der Waals surface area contributed by atoms with Crippen molar-refractivity contribution in [2.75, 3.05) is 18.5 Å². The van der Waals surface area contributed by atoms with Crippen LogP contribution < -0.4 is 10.5 Å². The van der Waals surface area contributed by atoms with Crippen LogP contribution in [0.25, 0.3) is 11.0 Å². The number of aromatic amines is 1. The average molecular weight is 283 g/mol. The number of H-pyrrole nitrogens is 1. The van der Waals surface area contributed by atoms with E-state index < -0.39 is 0 Å². The molecule has 0 saturated heterocycles. The van der Waals surface area contributed by atoms with Crippen LogP contribution in [0.1, 0.15) is 5.82 Å². The molecule has 0 radical (unpaired) electrons. The van der Waals surface area contributed by atoms with Gasteiger partial charge < -0.3 is 14.5 Å². The second kappa shape index (κ2) is 5.40. The molecule has 0 atom stereocenters. The maximum Gasteiger partial charge on any atom is 0.293 e. The number of anilines is 1. The van der Waals surface area contributed by atoms with Gasteiger partial charge in [0.05, 0.1) is 11.0 Å². The summed E-state index contributed by atoms with van der Waals surface area (Å²) in [5.41, 5.74) is 1.90. The minimum Gasteiger partial charge on any atom is -0.355 e. The zero-order valence-electron chi connectivity index (χ0n) is 12.1. The van der Waals surface area contributed by atoms with Crippen molar-refractivity contribution in [3.05, 3.63) is 52.8 Å². The van der Waals surface area contributed by atoms with Gasteiger partial charge in [0.1, 0.15) is 5.82 Å². The van der Waals surface area contributed by atoms with E-state index in [1.807, 2.05) is 36.2 Å². The molecule has 0 aliphatic rings. The number of hydrogen-bond donors (Lipinski definition) is 1. The number of imidazole rings is 1. The molecule has 21 heavy (non-hydrogen) atoms. The first-order valence-electron chi connectivity index (χ1n) is 6.81. The Morgan fingerprint density at radius 1 is 1.33 bits per heavy atom. The fourth-order valence-electron chi connectivity index (χ4n) is 2.25. The van der Waals surface area contributed by atoms with Gasteiger partial charge >= 0.3 is 0 Å². The summed E-state index contributed by atoms with van der Waals surface area (Å²) < 4.78 is 1.53. The zero-order valence-corrected chi connectivity index (χ0v) is 12.1. The molecule has 0 saturated carbocycles. The summed E-state index contributed by atoms with van der Waals surface area (Å²) in [6.45, 7) is 0.673. The van der Waals surface area contributed by atoms with Crippen LogP contribution >= 0.6 is 0 Å². The lowest BCUT2D eigenvalue weighted by molar-refractivity contribution is 0.782. The van der Waals surface area contributed by atoms with E-state index in [-0.39, 0.29) is 5.56 Å². The summed E-state index contributed by atoms with van der Waals surface area (Å²) in [5, 5.41) is 0. The maximum atomic E-state index is 12.0. The summed E-state index contributed by atoms with van der Waals surface area (Å²) in [5.74, 6) is 1.37. The Morgan fingerprint density at radius 2 is 2.14 bits per heavy atom. The Hall–Kier alpha value is -2.63. The highest BCUT2D eigenvalue weighted by Gasteiger charge is 2.10. The number of nitrogens with one attached hydrogen (secondary N) is 1. The SMILES string of the molecule is CN(CCc1nc2ccccc2[nH]1)c1nccn(C)c1=O. The summed E-state index contributed by atoms with van der Waals surface area (Å²) in [6, 6.07) is 7.93. The number of fused-ring (bicyclic) bond motifs is 1. The molecule has 0 aliphatic carbocycles. The normalized spacial score (nSPS) is 11.0. The van der Waals surface area contributed by atoms with E-state index in [4.69, 9.17) is 0 Å². The van der Waals surface area contributed by atoms with Gasteiger partial charge in [-0.1, -0.05) is 12.1 Å². The van der Waals surface area contributed by atoms with Gasteiger partial charge in [-0.2, -0.15) is 0 Å². The molecule has 108 valence electrons. The molecular weight excluding hydrogens is 266 g/mol. The first-order valence-corrected chi connectivity index (χ1v) is 6.81. The quantitative estimate of drug-likeness (QED) is 0.784. The average Bonchev–Trinajstić information content (AvgIpc) is 2.90. The van der Waals surface area contributed by atoms with Crippen LogP contribution in [0.2, 0.25) is 0 Å². The fraction of sp³-hybridized carbons (Fsp3) is 0.267. The van der Waals surface area contributed by atoms with Crippen LogP contribution in [0.15, 0.2) is 41.5 Å². The van der Waals surface area contributed by atoms with E-state index in [0.29, 0.717) is 12.4 Å². The second-order valence-corrected chi connectivity index (χ2v) is 5.04. The molecule has 0 spiro atoms. The third-order valence-electron chi connectivity index (χ3n) is 3.48. The largest absolute Gasteiger partial charge is 0.355 e. The van der Waals surface area contributed by atoms with Crippen molar-refractivity contribution < 1.29 is 0 Å². The number of aryl methyl sites for hydroxylation is 1. The lowest BCUT2D eigenvalue weighted by Gasteiger charge is -2.16. The number of likely N-dealkylation sites (N-methyl/N-ethyl adjacent to an activating group) is 1. The lowest BCUT2D eigenvalue weighted by Crippen LogP contribution is -2.31. The highest BCUT2D eigenvalue weighted by atomic mass is 16.1. The van der Waals surface area contributed by atoms with Crippen LogP contribution in [-0.4, -0.2) is 33.1 Å². The first-order chi connectivity index (χ1) is 10.1. The van der Waals surface area contributed by atoms with E-state index in [9.17, 15) is 4.79 Å². The molecule has 3 rings (SSSR count). The third kappa shape index (κ3) is 2.65. The van der Waals surface area contributed by atoms with Crippen molar-refractivity contribution in [1.29, 1.82) is 0 Å². The monoisotopic (exact) mass is 283 g/mol. The highest BCUT2D eigenvalue weighted by molar-refractivity contribution is 5.74. The molecule has 6 nitrogen and oxygen atoms in total. The van der Waals surface area contributed by atoms with Crippen LogP contribution in [0.5, 0.6) is 0 Å². The molecule has 0 aliphatic heterocycles. The summed E-state index contributed by atoms with van der Waals surface area (Å²) in [6.07, 6.45) is 4.01. The van der Waals surface area contributed by atoms with Gasteiger partial charge in [0.15, 0.2) is 5.82 Å². The number of benzene rings is 1. The zero-order chi connectivity index (χ0) is 14.8. The molecule has 0 unspecified atom stereocenters. The highest BCUT2D eigenvalue weighted by Crippen LogP contribution is 2.11. The minimum atomic E-state index is -0.0930. The van der Waals surface area contributed by atoms with Crippen molar-refractivity contribution >= 4 is 16.9 Å². The van der Waals surface area contributed by atoms with Gasteiger partial charge in [-0.25, -0.2) is 9.97 Å². The van der Waals surface area contributed by atoms with Gasteiger partial charge in [-0.15, -0.1) is 0 Å². The number of hydrogen-bond acceptors (Lipinski definition) is 4. The van der Waals surface area contributed by atoms with Gasteiger partial charge in [-0.05, 0) is 12.1 Å². The van der Waals surface area contributed by atoms with Crippen molar-refractivity contribution in [3.8, 4) is 0 Å². The van der Waals surface area contributed by atoms with Crippen molar-refractivity contribution in [2.24, 2.45) is 7.05 Å². The molecule has 0 amide bonds. The summed E-state index contributed by atoms with van der Waals surface area (Å²) in [7, 11) is 3.59. The van der Waals surface area contributed by atoms with E-state index >= 15 is 0 Å². The molecule has 1 aromatic carbocycles. The van der Waals surface area contributed by atoms with Crippen LogP contribution in [0.4, 0.5) is 5.82 Å². The van der Waals surface area contributed by atoms with E-state index in [1.54, 1.807) is 19.4 Å². The van der Waals surface area contributed by atoms with Crippen molar-refractivity contribution in [1.82, 2.24) is 19.5 Å². The summed E-state index contributed by atoms with van der Waals surface area (Å²) in [4.78, 5) is 25.8. The fourth-order valence-corrected chi connectivity index (χ4v) is 2.25. The molecular formula is C15H17N5O. The minimum absolute atomic E-state index is 0.0930. The molecule has 0 fully saturated rings. The number of nitrogens with zero attached hydrogens (tertiary/aromatic N) is 4. The van der Waals surface area contributed by atoms with Crippen LogP contribution in [0.3, 0.4) is 0 Å². The van der Waals surface area contributed by atoms with E-state index in [2.05, 4.69) is 15.0 Å². The molecule has 3 aromatic rings. The standard InChI is InChI=1S/C15H17N5O/c1-19(14-15(21)20(2)10-8-16-14)9-7-13-17-11-5-3-4-6-12(11)18-13/h3-6,8,10H,7,9H2,1-2H3,(H,17,18). The van der Waals surface area contributed by atoms with Crippen molar-refractivity contribution in [2.45, 2.75) is 6.42 Å². The number of aromatic nitrogens is 4. The lowest BCUT2D eigenvalue weighted by atomic mass is 10.3. The van der Waals surface area contributed by atoms with Crippen molar-refractivity contribution in [3.63, 3.8) is 0 Å². The molecule has 2 aromatic heterocycles. The Kier molecular flexibility index (Phi) is 3.43. The molecule has 2 heterocycles. The predicted molar refractivity (Wildman–Crippen MR) is 82.5 cm³/mol. The molecule has 0 bridgehead atoms. The Labute approximate surface area is 122 Å². The Balaban J connectivity index is 1.75. The summed E-state index contributed by atoms with van der Waals surface area (Å²) >= 11 is 0. The van der Waals surface area contributed by atoms with Gasteiger partial charge in [-0.3, -0.25) is 4.79 Å². The Bertz CT molecular complexity index is 787. The Morgan fingerprint density at radius 3 is 2.95 bits per heavy atom. The topological polar surface area (TPSA) is 66.8 Å². The van der Waals surface area contributed by atoms with Crippen LogP contribution in [0, 0.1) is 0 Å².